The highest BCUT2D eigenvalue weighted by molar-refractivity contribution is 4.79. The van der Waals surface area contributed by atoms with Crippen LogP contribution in [0, 0.1) is 23.7 Å². The first-order chi connectivity index (χ1) is 8.27. The molecule has 0 aliphatic heterocycles. The Morgan fingerprint density at radius 3 is 1.82 bits per heavy atom. The molecular formula is C17H32. The average Bonchev–Trinajstić information content (AvgIpc) is 2.38. The molecule has 2 rings (SSSR count). The molecule has 17 heavy (non-hydrogen) atoms. The maximum atomic E-state index is 2.47. The van der Waals surface area contributed by atoms with Crippen LogP contribution >= 0.6 is 0 Å². The Hall–Kier alpha value is 0. The van der Waals surface area contributed by atoms with E-state index < -0.39 is 0 Å². The maximum Gasteiger partial charge on any atom is -0.0360 e. The molecule has 0 radical (unpaired) electrons. The van der Waals surface area contributed by atoms with Crippen LogP contribution in [0.5, 0.6) is 0 Å². The Morgan fingerprint density at radius 2 is 1.29 bits per heavy atom. The van der Waals surface area contributed by atoms with Gasteiger partial charge in [-0.05, 0) is 30.1 Å². The van der Waals surface area contributed by atoms with Gasteiger partial charge < -0.3 is 0 Å². The Morgan fingerprint density at radius 1 is 0.765 bits per heavy atom. The van der Waals surface area contributed by atoms with E-state index in [9.17, 15) is 0 Å². The van der Waals surface area contributed by atoms with Crippen LogP contribution in [0.4, 0.5) is 0 Å². The lowest BCUT2D eigenvalue weighted by Crippen LogP contribution is -2.26. The first-order valence-corrected chi connectivity index (χ1v) is 8.27. The summed E-state index contributed by atoms with van der Waals surface area (Å²) >= 11 is 0. The molecule has 0 aromatic rings. The Labute approximate surface area is 109 Å². The SMILES string of the molecule is CC(C)C(CC1CCCCC1)C1CCCCC1. The molecule has 0 spiro atoms. The van der Waals surface area contributed by atoms with Crippen LogP contribution in [-0.2, 0) is 0 Å². The molecular weight excluding hydrogens is 204 g/mol. The fraction of sp³-hybridized carbons (Fsp3) is 1.00. The lowest BCUT2D eigenvalue weighted by molar-refractivity contribution is 0.147. The van der Waals surface area contributed by atoms with Gasteiger partial charge in [-0.15, -0.1) is 0 Å². The minimum Gasteiger partial charge on any atom is -0.0625 e. The molecule has 0 N–H and O–H groups in total. The van der Waals surface area contributed by atoms with Crippen molar-refractivity contribution in [1.29, 1.82) is 0 Å². The van der Waals surface area contributed by atoms with Crippen LogP contribution in [-0.4, -0.2) is 0 Å². The lowest BCUT2D eigenvalue weighted by Gasteiger charge is -2.36. The first kappa shape index (κ1) is 13.4. The van der Waals surface area contributed by atoms with Gasteiger partial charge in [0.2, 0.25) is 0 Å². The van der Waals surface area contributed by atoms with Crippen molar-refractivity contribution in [2.45, 2.75) is 84.5 Å². The molecule has 1 unspecified atom stereocenters. The van der Waals surface area contributed by atoms with Gasteiger partial charge in [0, 0.05) is 0 Å². The summed E-state index contributed by atoms with van der Waals surface area (Å²) in [7, 11) is 0. The molecule has 2 fully saturated rings. The van der Waals surface area contributed by atoms with Crippen LogP contribution < -0.4 is 0 Å². The highest BCUT2D eigenvalue weighted by atomic mass is 14.3. The topological polar surface area (TPSA) is 0 Å². The van der Waals surface area contributed by atoms with Crippen molar-refractivity contribution in [2.24, 2.45) is 23.7 Å². The minimum atomic E-state index is 0.917. The summed E-state index contributed by atoms with van der Waals surface area (Å²) in [5.74, 6) is 4.11. The van der Waals surface area contributed by atoms with Crippen LogP contribution in [0.25, 0.3) is 0 Å². The highest BCUT2D eigenvalue weighted by Crippen LogP contribution is 2.40. The summed E-state index contributed by atoms with van der Waals surface area (Å²) in [5.41, 5.74) is 0. The van der Waals surface area contributed by atoms with Crippen molar-refractivity contribution >= 4 is 0 Å². The summed E-state index contributed by atoms with van der Waals surface area (Å²) in [6, 6.07) is 0. The fourth-order valence-corrected chi connectivity index (χ4v) is 4.38. The molecule has 0 saturated heterocycles. The minimum absolute atomic E-state index is 0.917. The van der Waals surface area contributed by atoms with Crippen molar-refractivity contribution in [3.63, 3.8) is 0 Å². The summed E-state index contributed by atoms with van der Waals surface area (Å²) in [5, 5.41) is 0. The Balaban J connectivity index is 1.86. The molecule has 0 amide bonds. The van der Waals surface area contributed by atoms with Crippen LogP contribution in [0.2, 0.25) is 0 Å². The van der Waals surface area contributed by atoms with Crippen molar-refractivity contribution in [2.75, 3.05) is 0 Å². The molecule has 0 bridgehead atoms. The van der Waals surface area contributed by atoms with Crippen LogP contribution in [0.1, 0.15) is 84.5 Å². The van der Waals surface area contributed by atoms with Gasteiger partial charge in [0.1, 0.15) is 0 Å². The van der Waals surface area contributed by atoms with Gasteiger partial charge in [0.25, 0.3) is 0 Å². The number of hydrogen-bond acceptors (Lipinski definition) is 0. The fourth-order valence-electron chi connectivity index (χ4n) is 4.38. The second-order valence-corrected chi connectivity index (χ2v) is 7.05. The van der Waals surface area contributed by atoms with Gasteiger partial charge in [-0.25, -0.2) is 0 Å². The van der Waals surface area contributed by atoms with Crippen molar-refractivity contribution in [1.82, 2.24) is 0 Å². The van der Waals surface area contributed by atoms with Crippen molar-refractivity contribution in [3.05, 3.63) is 0 Å². The van der Waals surface area contributed by atoms with Crippen molar-refractivity contribution < 1.29 is 0 Å². The van der Waals surface area contributed by atoms with E-state index in [0.29, 0.717) is 0 Å². The van der Waals surface area contributed by atoms with Gasteiger partial charge in [-0.2, -0.15) is 0 Å². The summed E-state index contributed by atoms with van der Waals surface area (Å²) in [6.45, 7) is 4.95. The molecule has 0 heteroatoms. The maximum absolute atomic E-state index is 2.47. The van der Waals surface area contributed by atoms with Gasteiger partial charge in [0.05, 0.1) is 0 Å². The van der Waals surface area contributed by atoms with E-state index in [1.54, 1.807) is 6.42 Å². The van der Waals surface area contributed by atoms with Gasteiger partial charge in [0.15, 0.2) is 0 Å². The van der Waals surface area contributed by atoms with E-state index >= 15 is 0 Å². The van der Waals surface area contributed by atoms with Crippen molar-refractivity contribution in [3.8, 4) is 0 Å². The van der Waals surface area contributed by atoms with Crippen LogP contribution in [0.3, 0.4) is 0 Å². The van der Waals surface area contributed by atoms with E-state index in [1.807, 2.05) is 0 Å². The van der Waals surface area contributed by atoms with E-state index in [1.165, 1.54) is 64.2 Å². The second kappa shape index (κ2) is 6.81. The zero-order chi connectivity index (χ0) is 12.1. The summed E-state index contributed by atoms with van der Waals surface area (Å²) in [6.07, 6.45) is 16.8. The highest BCUT2D eigenvalue weighted by Gasteiger charge is 2.28. The first-order valence-electron chi connectivity index (χ1n) is 8.27. The molecule has 1 atom stereocenters. The molecule has 2 saturated carbocycles. The lowest BCUT2D eigenvalue weighted by atomic mass is 9.69. The largest absolute Gasteiger partial charge is 0.0625 e. The van der Waals surface area contributed by atoms with Gasteiger partial charge in [-0.1, -0.05) is 78.1 Å². The molecule has 0 heterocycles. The zero-order valence-corrected chi connectivity index (χ0v) is 12.1. The number of hydrogen-bond donors (Lipinski definition) is 0. The van der Waals surface area contributed by atoms with Gasteiger partial charge >= 0.3 is 0 Å². The quantitative estimate of drug-likeness (QED) is 0.578. The monoisotopic (exact) mass is 236 g/mol. The van der Waals surface area contributed by atoms with Crippen LogP contribution in [0.15, 0.2) is 0 Å². The van der Waals surface area contributed by atoms with E-state index in [0.717, 1.165) is 23.7 Å². The number of rotatable bonds is 4. The summed E-state index contributed by atoms with van der Waals surface area (Å²) < 4.78 is 0. The second-order valence-electron chi connectivity index (χ2n) is 7.05. The standard InChI is InChI=1S/C17H32/c1-14(2)17(16-11-7-4-8-12-16)13-15-9-5-3-6-10-15/h14-17H,3-13H2,1-2H3. The van der Waals surface area contributed by atoms with Gasteiger partial charge in [-0.3, -0.25) is 0 Å². The molecule has 0 nitrogen and oxygen atoms in total. The predicted octanol–water partition coefficient (Wildman–Crippen LogP) is 5.81. The summed E-state index contributed by atoms with van der Waals surface area (Å²) in [4.78, 5) is 0. The van der Waals surface area contributed by atoms with E-state index in [4.69, 9.17) is 0 Å². The Kier molecular flexibility index (Phi) is 5.38. The normalized spacial score (nSPS) is 26.3. The molecule has 100 valence electrons. The molecule has 2 aliphatic rings. The molecule has 0 aromatic heterocycles. The third-order valence-corrected chi connectivity index (χ3v) is 5.44. The third kappa shape index (κ3) is 4.00. The predicted molar refractivity (Wildman–Crippen MR) is 76.1 cm³/mol. The molecule has 2 aliphatic carbocycles. The third-order valence-electron chi connectivity index (χ3n) is 5.44. The zero-order valence-electron chi connectivity index (χ0n) is 12.1. The average molecular weight is 236 g/mol. The van der Waals surface area contributed by atoms with E-state index in [2.05, 4.69) is 13.8 Å². The molecule has 0 aromatic carbocycles. The smallest absolute Gasteiger partial charge is 0.0360 e. The Bertz CT molecular complexity index is 194. The van der Waals surface area contributed by atoms with E-state index in [-0.39, 0.29) is 0 Å².